The van der Waals surface area contributed by atoms with Gasteiger partial charge in [-0.05, 0) is 31.7 Å². The lowest BCUT2D eigenvalue weighted by molar-refractivity contribution is 0.244. The highest BCUT2D eigenvalue weighted by Crippen LogP contribution is 2.18. The Bertz CT molecular complexity index is 311. The van der Waals surface area contributed by atoms with Gasteiger partial charge in [-0.1, -0.05) is 12.2 Å². The molecular weight excluding hydrogens is 176 g/mol. The first-order chi connectivity index (χ1) is 6.84. The van der Waals surface area contributed by atoms with Crippen molar-refractivity contribution >= 4 is 0 Å². The van der Waals surface area contributed by atoms with Crippen LogP contribution in [0, 0.1) is 12.8 Å². The number of allylic oxidation sites excluding steroid dienone is 2. The van der Waals surface area contributed by atoms with Crippen LogP contribution in [-0.4, -0.2) is 16.8 Å². The lowest BCUT2D eigenvalue weighted by atomic mass is 10.1. The van der Waals surface area contributed by atoms with Gasteiger partial charge in [0.25, 0.3) is 0 Å². The van der Waals surface area contributed by atoms with E-state index in [-0.39, 0.29) is 0 Å². The molecule has 0 saturated carbocycles. The van der Waals surface area contributed by atoms with E-state index in [4.69, 9.17) is 4.74 Å². The summed E-state index contributed by atoms with van der Waals surface area (Å²) < 4.78 is 5.53. The molecule has 3 nitrogen and oxygen atoms in total. The quantitative estimate of drug-likeness (QED) is 0.685. The van der Waals surface area contributed by atoms with Gasteiger partial charge in [0.1, 0.15) is 0 Å². The van der Waals surface area contributed by atoms with E-state index in [0.29, 0.717) is 11.8 Å². The Labute approximate surface area is 83.8 Å². The zero-order chi connectivity index (χ0) is 9.80. The second-order valence-electron chi connectivity index (χ2n) is 3.63. The van der Waals surface area contributed by atoms with Crippen LogP contribution in [0.25, 0.3) is 0 Å². The molecule has 0 bridgehead atoms. The summed E-state index contributed by atoms with van der Waals surface area (Å²) >= 11 is 0. The highest BCUT2D eigenvalue weighted by molar-refractivity contribution is 5.10. The third-order valence-corrected chi connectivity index (χ3v) is 2.35. The normalized spacial score (nSPS) is 16.1. The summed E-state index contributed by atoms with van der Waals surface area (Å²) in [6, 6.07) is 3.78. The van der Waals surface area contributed by atoms with Gasteiger partial charge < -0.3 is 4.74 Å². The molecule has 0 fully saturated rings. The third kappa shape index (κ3) is 2.31. The molecule has 1 aliphatic carbocycles. The number of hydrogen-bond donors (Lipinski definition) is 0. The summed E-state index contributed by atoms with van der Waals surface area (Å²) in [5.41, 5.74) is 0.917. The number of ether oxygens (including phenoxy) is 1. The second kappa shape index (κ2) is 4.22. The molecule has 0 spiro atoms. The Balaban J connectivity index is 1.82. The Kier molecular flexibility index (Phi) is 2.77. The maximum absolute atomic E-state index is 5.53. The van der Waals surface area contributed by atoms with E-state index in [1.54, 1.807) is 0 Å². The molecule has 0 aromatic carbocycles. The van der Waals surface area contributed by atoms with Crippen molar-refractivity contribution in [2.24, 2.45) is 5.92 Å². The molecular formula is C11H14N2O. The topological polar surface area (TPSA) is 35.0 Å². The van der Waals surface area contributed by atoms with E-state index >= 15 is 0 Å². The van der Waals surface area contributed by atoms with Crippen LogP contribution < -0.4 is 4.74 Å². The first-order valence-electron chi connectivity index (χ1n) is 4.93. The first kappa shape index (κ1) is 9.19. The number of aromatic nitrogens is 2. The Hall–Kier alpha value is -1.38. The zero-order valence-electron chi connectivity index (χ0n) is 8.31. The maximum atomic E-state index is 5.53. The molecule has 14 heavy (non-hydrogen) atoms. The van der Waals surface area contributed by atoms with E-state index in [1.165, 1.54) is 0 Å². The van der Waals surface area contributed by atoms with Crippen molar-refractivity contribution in [1.82, 2.24) is 10.2 Å². The van der Waals surface area contributed by atoms with Crippen LogP contribution >= 0.6 is 0 Å². The lowest BCUT2D eigenvalue weighted by Crippen LogP contribution is -2.09. The molecule has 1 aromatic rings. The van der Waals surface area contributed by atoms with Gasteiger partial charge >= 0.3 is 0 Å². The smallest absolute Gasteiger partial charge is 0.233 e. The number of aryl methyl sites for hydroxylation is 1. The number of rotatable bonds is 3. The highest BCUT2D eigenvalue weighted by atomic mass is 16.5. The van der Waals surface area contributed by atoms with Gasteiger partial charge in [0, 0.05) is 6.07 Å². The van der Waals surface area contributed by atoms with E-state index in [0.717, 1.165) is 25.1 Å². The van der Waals surface area contributed by atoms with Crippen LogP contribution in [-0.2, 0) is 0 Å². The first-order valence-corrected chi connectivity index (χ1v) is 4.93. The molecule has 0 amide bonds. The van der Waals surface area contributed by atoms with Gasteiger partial charge in [0.2, 0.25) is 5.88 Å². The van der Waals surface area contributed by atoms with Crippen LogP contribution in [0.15, 0.2) is 24.3 Å². The van der Waals surface area contributed by atoms with E-state index in [9.17, 15) is 0 Å². The highest BCUT2D eigenvalue weighted by Gasteiger charge is 2.10. The van der Waals surface area contributed by atoms with Gasteiger partial charge in [-0.15, -0.1) is 5.10 Å². The molecule has 74 valence electrons. The fourth-order valence-corrected chi connectivity index (χ4v) is 1.48. The van der Waals surface area contributed by atoms with Crippen molar-refractivity contribution in [2.45, 2.75) is 19.8 Å². The van der Waals surface area contributed by atoms with Crippen molar-refractivity contribution in [3.05, 3.63) is 30.0 Å². The van der Waals surface area contributed by atoms with Gasteiger partial charge in [-0.2, -0.15) is 5.10 Å². The molecule has 0 N–H and O–H groups in total. The van der Waals surface area contributed by atoms with Crippen LogP contribution in [0.3, 0.4) is 0 Å². The minimum absolute atomic E-state index is 0.623. The zero-order valence-corrected chi connectivity index (χ0v) is 8.31. The van der Waals surface area contributed by atoms with Crippen molar-refractivity contribution in [3.63, 3.8) is 0 Å². The predicted molar refractivity (Wildman–Crippen MR) is 54.1 cm³/mol. The third-order valence-electron chi connectivity index (χ3n) is 2.35. The summed E-state index contributed by atoms with van der Waals surface area (Å²) in [5.74, 6) is 1.25. The molecule has 1 aromatic heterocycles. The van der Waals surface area contributed by atoms with Crippen molar-refractivity contribution in [1.29, 1.82) is 0 Å². The lowest BCUT2D eigenvalue weighted by Gasteiger charge is -2.09. The molecule has 1 aliphatic rings. The van der Waals surface area contributed by atoms with E-state index < -0.39 is 0 Å². The maximum Gasteiger partial charge on any atom is 0.233 e. The average Bonchev–Trinajstić information content (AvgIpc) is 2.70. The number of nitrogens with zero attached hydrogens (tertiary/aromatic N) is 2. The molecule has 2 rings (SSSR count). The van der Waals surface area contributed by atoms with Gasteiger partial charge in [-0.25, -0.2) is 0 Å². The largest absolute Gasteiger partial charge is 0.476 e. The average molecular weight is 190 g/mol. The molecule has 0 radical (unpaired) electrons. The van der Waals surface area contributed by atoms with E-state index in [1.807, 2.05) is 19.1 Å². The Morgan fingerprint density at radius 2 is 2.07 bits per heavy atom. The molecule has 0 saturated heterocycles. The van der Waals surface area contributed by atoms with Crippen LogP contribution in [0.2, 0.25) is 0 Å². The summed E-state index contributed by atoms with van der Waals surface area (Å²) in [4.78, 5) is 0. The van der Waals surface area contributed by atoms with Crippen molar-refractivity contribution in [2.75, 3.05) is 6.61 Å². The van der Waals surface area contributed by atoms with Gasteiger partial charge in [0.05, 0.1) is 12.3 Å². The molecule has 1 heterocycles. The summed E-state index contributed by atoms with van der Waals surface area (Å²) in [6.45, 7) is 2.66. The monoisotopic (exact) mass is 190 g/mol. The standard InChI is InChI=1S/C11H14N2O/c1-9-6-7-11(13-12-9)14-8-10-4-2-3-5-10/h2-3,6-7,10H,4-5,8H2,1H3. The van der Waals surface area contributed by atoms with E-state index in [2.05, 4.69) is 22.3 Å². The molecule has 0 atom stereocenters. The van der Waals surface area contributed by atoms with Crippen molar-refractivity contribution < 1.29 is 4.74 Å². The van der Waals surface area contributed by atoms with Crippen LogP contribution in [0.5, 0.6) is 5.88 Å². The molecule has 0 aliphatic heterocycles. The van der Waals surface area contributed by atoms with Crippen molar-refractivity contribution in [3.8, 4) is 5.88 Å². The SMILES string of the molecule is Cc1ccc(OCC2CC=CC2)nn1. The minimum atomic E-state index is 0.623. The predicted octanol–water partition coefficient (Wildman–Crippen LogP) is 2.13. The van der Waals surface area contributed by atoms with Gasteiger partial charge in [-0.3, -0.25) is 0 Å². The Morgan fingerprint density at radius 1 is 1.29 bits per heavy atom. The second-order valence-corrected chi connectivity index (χ2v) is 3.63. The molecule has 3 heteroatoms. The fourth-order valence-electron chi connectivity index (χ4n) is 1.48. The fraction of sp³-hybridized carbons (Fsp3) is 0.455. The van der Waals surface area contributed by atoms with Crippen LogP contribution in [0.4, 0.5) is 0 Å². The summed E-state index contributed by atoms with van der Waals surface area (Å²) in [6.07, 6.45) is 6.66. The minimum Gasteiger partial charge on any atom is -0.476 e. The summed E-state index contributed by atoms with van der Waals surface area (Å²) in [5, 5.41) is 7.88. The molecule has 0 unspecified atom stereocenters. The Morgan fingerprint density at radius 3 is 2.71 bits per heavy atom. The van der Waals surface area contributed by atoms with Gasteiger partial charge in [0.15, 0.2) is 0 Å². The summed E-state index contributed by atoms with van der Waals surface area (Å²) in [7, 11) is 0. The van der Waals surface area contributed by atoms with Crippen LogP contribution in [0.1, 0.15) is 18.5 Å². The number of hydrogen-bond acceptors (Lipinski definition) is 3.